The Bertz CT molecular complexity index is 1000. The molecular formula is C19H25N2O7PS. The highest BCUT2D eigenvalue weighted by molar-refractivity contribution is 7.89. The first-order valence-electron chi connectivity index (χ1n) is 9.27. The fourth-order valence-corrected chi connectivity index (χ4v) is 6.98. The van der Waals surface area contributed by atoms with Gasteiger partial charge in [0.25, 0.3) is 0 Å². The summed E-state index contributed by atoms with van der Waals surface area (Å²) in [4.78, 5) is 10.8. The van der Waals surface area contributed by atoms with E-state index in [1.54, 1.807) is 51.1 Å². The molecule has 9 nitrogen and oxygen atoms in total. The fraction of sp³-hybridized carbons (Fsp3) is 0.368. The summed E-state index contributed by atoms with van der Waals surface area (Å²) < 4.78 is 53.4. The third kappa shape index (κ3) is 5.14. The lowest BCUT2D eigenvalue weighted by Gasteiger charge is -2.36. The van der Waals surface area contributed by atoms with Gasteiger partial charge in [-0.25, -0.2) is 8.42 Å². The molecule has 164 valence electrons. The smallest absolute Gasteiger partial charge is 0.307 e. The highest BCUT2D eigenvalue weighted by Gasteiger charge is 2.59. The third-order valence-electron chi connectivity index (χ3n) is 4.31. The summed E-state index contributed by atoms with van der Waals surface area (Å²) in [6.45, 7) is 3.64. The van der Waals surface area contributed by atoms with Gasteiger partial charge in [0.1, 0.15) is 0 Å². The van der Waals surface area contributed by atoms with E-state index in [2.05, 4.69) is 4.72 Å². The molecule has 0 heterocycles. The minimum absolute atomic E-state index is 0.0996. The standard InChI is InChI=1S/C19H25N2O7PS/c1-4-27-29(24,28-5-2)19(15-21(22)23,17-9-7-6-8-10-17)20-30(25,26)18-13-11-16(3)12-14-18/h6-14,20H,4-5,15H2,1-3H3. The van der Waals surface area contributed by atoms with Crippen LogP contribution < -0.4 is 4.72 Å². The molecule has 1 atom stereocenters. The molecule has 0 saturated carbocycles. The second kappa shape index (κ2) is 9.80. The van der Waals surface area contributed by atoms with Gasteiger partial charge in [0.15, 0.2) is 0 Å². The number of benzene rings is 2. The van der Waals surface area contributed by atoms with Gasteiger partial charge in [-0.15, -0.1) is 0 Å². The van der Waals surface area contributed by atoms with Crippen molar-refractivity contribution in [2.24, 2.45) is 0 Å². The number of hydrogen-bond donors (Lipinski definition) is 1. The molecule has 30 heavy (non-hydrogen) atoms. The molecule has 0 spiro atoms. The Morgan fingerprint density at radius 1 is 1.03 bits per heavy atom. The number of nitrogens with zero attached hydrogens (tertiary/aromatic N) is 1. The number of rotatable bonds is 11. The zero-order valence-electron chi connectivity index (χ0n) is 17.0. The number of nitro groups is 1. The van der Waals surface area contributed by atoms with E-state index in [0.717, 1.165) is 5.56 Å². The number of nitrogens with one attached hydrogen (secondary N) is 1. The fourth-order valence-electron chi connectivity index (χ4n) is 2.98. The van der Waals surface area contributed by atoms with Gasteiger partial charge in [0, 0.05) is 4.92 Å². The zero-order valence-corrected chi connectivity index (χ0v) is 18.7. The molecule has 2 aromatic rings. The number of aryl methyl sites for hydroxylation is 1. The Hall–Kier alpha value is -2.10. The van der Waals surface area contributed by atoms with Crippen LogP contribution in [-0.2, 0) is 28.9 Å². The predicted octanol–water partition coefficient (Wildman–Crippen LogP) is 3.67. The van der Waals surface area contributed by atoms with Gasteiger partial charge in [-0.2, -0.15) is 4.72 Å². The van der Waals surface area contributed by atoms with Crippen molar-refractivity contribution in [1.29, 1.82) is 0 Å². The summed E-state index contributed by atoms with van der Waals surface area (Å²) in [5.74, 6) is 0. The van der Waals surface area contributed by atoms with Crippen molar-refractivity contribution in [1.82, 2.24) is 4.72 Å². The van der Waals surface area contributed by atoms with Crippen molar-refractivity contribution >= 4 is 17.6 Å². The molecule has 0 fully saturated rings. The van der Waals surface area contributed by atoms with Crippen molar-refractivity contribution in [3.8, 4) is 0 Å². The van der Waals surface area contributed by atoms with Crippen molar-refractivity contribution in [3.63, 3.8) is 0 Å². The summed E-state index contributed by atoms with van der Waals surface area (Å²) in [6.07, 6.45) is 0. The summed E-state index contributed by atoms with van der Waals surface area (Å²) in [5, 5.41) is 9.38. The molecule has 2 rings (SSSR count). The lowest BCUT2D eigenvalue weighted by atomic mass is 10.1. The second-order valence-electron chi connectivity index (χ2n) is 6.47. The van der Waals surface area contributed by atoms with Gasteiger partial charge in [0.2, 0.25) is 21.8 Å². The molecule has 0 bridgehead atoms. The molecule has 0 radical (unpaired) electrons. The molecular weight excluding hydrogens is 431 g/mol. The van der Waals surface area contributed by atoms with Crippen molar-refractivity contribution in [2.45, 2.75) is 30.9 Å². The Morgan fingerprint density at radius 3 is 2.03 bits per heavy atom. The zero-order chi connectivity index (χ0) is 22.4. The quantitative estimate of drug-likeness (QED) is 0.311. The van der Waals surface area contributed by atoms with E-state index in [1.165, 1.54) is 24.3 Å². The first-order valence-corrected chi connectivity index (χ1v) is 12.3. The molecule has 0 aliphatic heterocycles. The van der Waals surface area contributed by atoms with Crippen LogP contribution in [0.25, 0.3) is 0 Å². The van der Waals surface area contributed by atoms with Crippen LogP contribution in [0.1, 0.15) is 25.0 Å². The lowest BCUT2D eigenvalue weighted by Crippen LogP contribution is -2.51. The molecule has 0 amide bonds. The van der Waals surface area contributed by atoms with Crippen LogP contribution in [0.5, 0.6) is 0 Å². The summed E-state index contributed by atoms with van der Waals surface area (Å²) in [6, 6.07) is 13.6. The molecule has 0 saturated heterocycles. The topological polar surface area (TPSA) is 125 Å². The molecule has 0 aromatic heterocycles. The highest BCUT2D eigenvalue weighted by Crippen LogP contribution is 2.64. The van der Waals surface area contributed by atoms with Crippen molar-refractivity contribution in [3.05, 3.63) is 75.8 Å². The van der Waals surface area contributed by atoms with Gasteiger partial charge in [-0.05, 0) is 38.5 Å². The Labute approximate surface area is 176 Å². The first kappa shape index (κ1) is 24.2. The third-order valence-corrected chi connectivity index (χ3v) is 8.61. The van der Waals surface area contributed by atoms with Crippen LogP contribution in [0.2, 0.25) is 0 Å². The van der Waals surface area contributed by atoms with Gasteiger partial charge in [-0.3, -0.25) is 14.7 Å². The largest absolute Gasteiger partial charge is 0.362 e. The second-order valence-corrected chi connectivity index (χ2v) is 10.4. The molecule has 1 unspecified atom stereocenters. The Balaban J connectivity index is 2.77. The van der Waals surface area contributed by atoms with E-state index in [1.807, 2.05) is 0 Å². The summed E-state index contributed by atoms with van der Waals surface area (Å²) in [5.41, 5.74) is 0.936. The van der Waals surface area contributed by atoms with Gasteiger partial charge < -0.3 is 9.05 Å². The van der Waals surface area contributed by atoms with Crippen molar-refractivity contribution in [2.75, 3.05) is 19.8 Å². The Kier molecular flexibility index (Phi) is 7.90. The first-order chi connectivity index (χ1) is 14.1. The van der Waals surface area contributed by atoms with Crippen LogP contribution in [0.15, 0.2) is 59.5 Å². The van der Waals surface area contributed by atoms with Gasteiger partial charge in [0.05, 0.1) is 18.1 Å². The monoisotopic (exact) mass is 456 g/mol. The van der Waals surface area contributed by atoms with E-state index >= 15 is 0 Å². The maximum Gasteiger partial charge on any atom is 0.362 e. The van der Waals surface area contributed by atoms with E-state index in [9.17, 15) is 23.1 Å². The summed E-state index contributed by atoms with van der Waals surface area (Å²) in [7, 11) is -8.73. The maximum absolute atomic E-state index is 13.9. The average Bonchev–Trinajstić information content (AvgIpc) is 2.68. The van der Waals surface area contributed by atoms with Crippen molar-refractivity contribution < 1.29 is 27.0 Å². The highest BCUT2D eigenvalue weighted by atomic mass is 32.2. The van der Waals surface area contributed by atoms with Gasteiger partial charge in [-0.1, -0.05) is 48.0 Å². The normalized spacial score (nSPS) is 14.2. The van der Waals surface area contributed by atoms with E-state index < -0.39 is 34.4 Å². The maximum atomic E-state index is 13.9. The van der Waals surface area contributed by atoms with Crippen LogP contribution in [-0.4, -0.2) is 33.1 Å². The van der Waals surface area contributed by atoms with Crippen LogP contribution >= 0.6 is 7.60 Å². The Morgan fingerprint density at radius 2 is 1.57 bits per heavy atom. The molecule has 1 N–H and O–H groups in total. The average molecular weight is 456 g/mol. The van der Waals surface area contributed by atoms with E-state index in [0.29, 0.717) is 0 Å². The van der Waals surface area contributed by atoms with Crippen LogP contribution in [0.3, 0.4) is 0 Å². The van der Waals surface area contributed by atoms with Crippen LogP contribution in [0, 0.1) is 17.0 Å². The van der Waals surface area contributed by atoms with E-state index in [-0.39, 0.29) is 23.7 Å². The molecule has 11 heteroatoms. The number of sulfonamides is 1. The summed E-state index contributed by atoms with van der Waals surface area (Å²) >= 11 is 0. The minimum atomic E-state index is -4.39. The van der Waals surface area contributed by atoms with Crippen LogP contribution in [0.4, 0.5) is 0 Å². The van der Waals surface area contributed by atoms with Gasteiger partial charge >= 0.3 is 7.60 Å². The van der Waals surface area contributed by atoms with E-state index in [4.69, 9.17) is 9.05 Å². The number of hydrogen-bond acceptors (Lipinski definition) is 7. The minimum Gasteiger partial charge on any atom is -0.307 e. The molecule has 0 aliphatic carbocycles. The predicted molar refractivity (Wildman–Crippen MR) is 112 cm³/mol. The lowest BCUT2D eigenvalue weighted by molar-refractivity contribution is -0.487. The molecule has 2 aromatic carbocycles. The SMILES string of the molecule is CCOP(=O)(OCC)C(C[N+](=O)[O-])(NS(=O)(=O)c1ccc(C)cc1)c1ccccc1. The molecule has 0 aliphatic rings.